The van der Waals surface area contributed by atoms with Gasteiger partial charge in [0.1, 0.15) is 11.6 Å². The lowest BCUT2D eigenvalue weighted by molar-refractivity contribution is -0.114. The maximum atomic E-state index is 13.7. The van der Waals surface area contributed by atoms with Gasteiger partial charge in [0.15, 0.2) is 0 Å². The number of methoxy groups -OCH3 is 1. The number of ether oxygens (including phenoxy) is 1. The molecule has 0 aliphatic carbocycles. The molecule has 0 bridgehead atoms. The first-order valence-electron chi connectivity index (χ1n) is 6.77. The highest BCUT2D eigenvalue weighted by molar-refractivity contribution is 6.30. The number of rotatable bonds is 5. The average molecular weight is 355 g/mol. The van der Waals surface area contributed by atoms with Crippen LogP contribution in [-0.2, 0) is 9.53 Å². The van der Waals surface area contributed by atoms with E-state index < -0.39 is 23.5 Å². The van der Waals surface area contributed by atoms with Crippen molar-refractivity contribution < 1.29 is 23.1 Å². The third-order valence-corrected chi connectivity index (χ3v) is 3.26. The van der Waals surface area contributed by atoms with Crippen LogP contribution in [0.15, 0.2) is 36.4 Å². The summed E-state index contributed by atoms with van der Waals surface area (Å²) < 4.78 is 31.8. The third kappa shape index (κ3) is 4.42. The summed E-state index contributed by atoms with van der Waals surface area (Å²) in [7, 11) is 1.20. The predicted molar refractivity (Wildman–Crippen MR) is 86.3 cm³/mol. The van der Waals surface area contributed by atoms with Gasteiger partial charge < -0.3 is 15.4 Å². The summed E-state index contributed by atoms with van der Waals surface area (Å²) >= 11 is 5.73. The van der Waals surface area contributed by atoms with E-state index in [1.54, 1.807) is 0 Å². The predicted octanol–water partition coefficient (Wildman–Crippen LogP) is 3.46. The Labute approximate surface area is 141 Å². The molecule has 0 fully saturated rings. The van der Waals surface area contributed by atoms with Gasteiger partial charge in [-0.05, 0) is 36.4 Å². The van der Waals surface area contributed by atoms with Gasteiger partial charge in [0, 0.05) is 5.02 Å². The lowest BCUT2D eigenvalue weighted by atomic mass is 10.2. The first-order valence-corrected chi connectivity index (χ1v) is 7.15. The molecule has 0 aromatic heterocycles. The van der Waals surface area contributed by atoms with E-state index in [1.807, 2.05) is 0 Å². The standard InChI is InChI=1S/C16H13ClF2N2O3/c1-24-16(23)9-2-4-11(18)13(6-9)20-8-15(22)21-14-7-10(17)3-5-12(14)19/h2-7,20H,8H2,1H3,(H,21,22). The molecule has 1 amide bonds. The van der Waals surface area contributed by atoms with E-state index in [1.165, 1.54) is 31.4 Å². The average Bonchev–Trinajstić information content (AvgIpc) is 2.56. The van der Waals surface area contributed by atoms with E-state index >= 15 is 0 Å². The zero-order valence-electron chi connectivity index (χ0n) is 12.5. The van der Waals surface area contributed by atoms with Crippen LogP contribution in [0.4, 0.5) is 20.2 Å². The van der Waals surface area contributed by atoms with Crippen LogP contribution in [-0.4, -0.2) is 25.5 Å². The minimum absolute atomic E-state index is 0.0559. The number of halogens is 3. The van der Waals surface area contributed by atoms with Crippen molar-refractivity contribution in [1.82, 2.24) is 0 Å². The molecule has 0 aliphatic heterocycles. The number of anilines is 2. The van der Waals surface area contributed by atoms with E-state index in [-0.39, 0.29) is 28.5 Å². The summed E-state index contributed by atoms with van der Waals surface area (Å²) in [6, 6.07) is 7.27. The number of carbonyl (C=O) groups is 2. The number of amides is 1. The number of hydrogen-bond acceptors (Lipinski definition) is 4. The van der Waals surface area contributed by atoms with Crippen LogP contribution in [0.1, 0.15) is 10.4 Å². The van der Waals surface area contributed by atoms with Crippen LogP contribution < -0.4 is 10.6 Å². The minimum atomic E-state index is -0.649. The molecule has 0 atom stereocenters. The van der Waals surface area contributed by atoms with Gasteiger partial charge in [0.2, 0.25) is 5.91 Å². The first-order chi connectivity index (χ1) is 11.4. The molecule has 0 unspecified atom stereocenters. The zero-order chi connectivity index (χ0) is 17.7. The highest BCUT2D eigenvalue weighted by Gasteiger charge is 2.12. The van der Waals surface area contributed by atoms with Crippen LogP contribution in [0.5, 0.6) is 0 Å². The van der Waals surface area contributed by atoms with Crippen molar-refractivity contribution in [1.29, 1.82) is 0 Å². The zero-order valence-corrected chi connectivity index (χ0v) is 13.3. The van der Waals surface area contributed by atoms with E-state index in [9.17, 15) is 18.4 Å². The summed E-state index contributed by atoms with van der Waals surface area (Å²) in [5, 5.41) is 5.11. The topological polar surface area (TPSA) is 67.4 Å². The van der Waals surface area contributed by atoms with Gasteiger partial charge in [0.25, 0.3) is 0 Å². The third-order valence-electron chi connectivity index (χ3n) is 3.03. The van der Waals surface area contributed by atoms with E-state index in [2.05, 4.69) is 15.4 Å². The van der Waals surface area contributed by atoms with Crippen molar-refractivity contribution >= 4 is 34.9 Å². The Morgan fingerprint density at radius 1 is 1.08 bits per heavy atom. The molecular weight excluding hydrogens is 342 g/mol. The van der Waals surface area contributed by atoms with E-state index in [4.69, 9.17) is 11.6 Å². The van der Waals surface area contributed by atoms with Crippen LogP contribution in [0.3, 0.4) is 0 Å². The Morgan fingerprint density at radius 3 is 2.46 bits per heavy atom. The second kappa shape index (κ2) is 7.74. The summed E-state index contributed by atoms with van der Waals surface area (Å²) in [5.41, 5.74) is -0.0135. The Morgan fingerprint density at radius 2 is 1.75 bits per heavy atom. The summed E-state index contributed by atoms with van der Waals surface area (Å²) in [4.78, 5) is 23.3. The molecule has 2 N–H and O–H groups in total. The Kier molecular flexibility index (Phi) is 5.70. The summed E-state index contributed by atoms with van der Waals surface area (Å²) in [5.74, 6) is -2.54. The number of nitrogens with one attached hydrogen (secondary N) is 2. The number of esters is 1. The Balaban J connectivity index is 2.03. The largest absolute Gasteiger partial charge is 0.465 e. The van der Waals surface area contributed by atoms with Gasteiger partial charge in [-0.3, -0.25) is 4.79 Å². The molecule has 126 valence electrons. The molecule has 2 rings (SSSR count). The van der Waals surface area contributed by atoms with Gasteiger partial charge in [-0.1, -0.05) is 11.6 Å². The lowest BCUT2D eigenvalue weighted by Crippen LogP contribution is -2.22. The second-order valence-corrected chi connectivity index (χ2v) is 5.15. The molecule has 0 saturated carbocycles. The fourth-order valence-electron chi connectivity index (χ4n) is 1.87. The molecule has 24 heavy (non-hydrogen) atoms. The van der Waals surface area contributed by atoms with Crippen LogP contribution in [0, 0.1) is 11.6 Å². The maximum Gasteiger partial charge on any atom is 0.337 e. The number of benzene rings is 2. The van der Waals surface area contributed by atoms with E-state index in [0.29, 0.717) is 0 Å². The smallest absolute Gasteiger partial charge is 0.337 e. The van der Waals surface area contributed by atoms with E-state index in [0.717, 1.165) is 12.1 Å². The molecule has 0 saturated heterocycles. The van der Waals surface area contributed by atoms with Gasteiger partial charge in [0.05, 0.1) is 30.6 Å². The van der Waals surface area contributed by atoms with Crippen molar-refractivity contribution in [2.45, 2.75) is 0 Å². The maximum absolute atomic E-state index is 13.7. The molecule has 2 aromatic carbocycles. The quantitative estimate of drug-likeness (QED) is 0.807. The number of carbonyl (C=O) groups excluding carboxylic acids is 2. The van der Waals surface area contributed by atoms with Gasteiger partial charge >= 0.3 is 5.97 Å². The monoisotopic (exact) mass is 354 g/mol. The second-order valence-electron chi connectivity index (χ2n) is 4.71. The fraction of sp³-hybridized carbons (Fsp3) is 0.125. The van der Waals surface area contributed by atoms with Crippen molar-refractivity contribution in [2.24, 2.45) is 0 Å². The SMILES string of the molecule is COC(=O)c1ccc(F)c(NCC(=O)Nc2cc(Cl)ccc2F)c1. The normalized spacial score (nSPS) is 10.2. The molecule has 2 aromatic rings. The van der Waals surface area contributed by atoms with Gasteiger partial charge in [-0.2, -0.15) is 0 Å². The van der Waals surface area contributed by atoms with Crippen LogP contribution >= 0.6 is 11.6 Å². The van der Waals surface area contributed by atoms with Gasteiger partial charge in [-0.15, -0.1) is 0 Å². The minimum Gasteiger partial charge on any atom is -0.465 e. The molecule has 0 radical (unpaired) electrons. The molecular formula is C16H13ClF2N2O3. The summed E-state index contributed by atoms with van der Waals surface area (Å²) in [6.07, 6.45) is 0. The van der Waals surface area contributed by atoms with Crippen molar-refractivity contribution in [2.75, 3.05) is 24.3 Å². The number of hydrogen-bond donors (Lipinski definition) is 2. The Hall–Kier alpha value is -2.67. The van der Waals surface area contributed by atoms with Crippen LogP contribution in [0.2, 0.25) is 5.02 Å². The van der Waals surface area contributed by atoms with Crippen molar-refractivity contribution in [3.05, 3.63) is 58.6 Å². The molecule has 8 heteroatoms. The van der Waals surface area contributed by atoms with Crippen molar-refractivity contribution in [3.8, 4) is 0 Å². The molecule has 0 spiro atoms. The molecule has 5 nitrogen and oxygen atoms in total. The summed E-state index contributed by atoms with van der Waals surface area (Å²) in [6.45, 7) is -0.340. The molecule has 0 heterocycles. The van der Waals surface area contributed by atoms with Crippen molar-refractivity contribution in [3.63, 3.8) is 0 Å². The highest BCUT2D eigenvalue weighted by atomic mass is 35.5. The van der Waals surface area contributed by atoms with Gasteiger partial charge in [-0.25, -0.2) is 13.6 Å². The fourth-order valence-corrected chi connectivity index (χ4v) is 2.04. The van der Waals surface area contributed by atoms with Crippen LogP contribution in [0.25, 0.3) is 0 Å². The Bertz CT molecular complexity index is 784. The molecule has 0 aliphatic rings. The highest BCUT2D eigenvalue weighted by Crippen LogP contribution is 2.20. The first kappa shape index (κ1) is 17.7. The lowest BCUT2D eigenvalue weighted by Gasteiger charge is -2.10.